The second-order valence-corrected chi connectivity index (χ2v) is 3.65. The molecular formula is C11H16N4. The maximum Gasteiger partial charge on any atom is 0.144 e. The third-order valence-electron chi connectivity index (χ3n) is 2.05. The normalized spacial score (nSPS) is 11.9. The SMILES string of the molecule is Cc1ccc(C#N)c(NCCC(C)N)n1. The second-order valence-electron chi connectivity index (χ2n) is 3.65. The summed E-state index contributed by atoms with van der Waals surface area (Å²) < 4.78 is 0. The number of nitrogens with one attached hydrogen (secondary N) is 1. The van der Waals surface area contributed by atoms with Gasteiger partial charge in [-0.25, -0.2) is 4.98 Å². The van der Waals surface area contributed by atoms with E-state index in [0.29, 0.717) is 11.4 Å². The van der Waals surface area contributed by atoms with Crippen LogP contribution in [0.2, 0.25) is 0 Å². The van der Waals surface area contributed by atoms with Crippen molar-refractivity contribution < 1.29 is 0 Å². The first-order valence-electron chi connectivity index (χ1n) is 5.00. The van der Waals surface area contributed by atoms with Crippen LogP contribution in [-0.4, -0.2) is 17.6 Å². The minimum Gasteiger partial charge on any atom is -0.369 e. The summed E-state index contributed by atoms with van der Waals surface area (Å²) in [6.45, 7) is 4.59. The topological polar surface area (TPSA) is 74.7 Å². The Kier molecular flexibility index (Phi) is 4.07. The van der Waals surface area contributed by atoms with Crippen molar-refractivity contribution in [2.45, 2.75) is 26.3 Å². The molecule has 0 radical (unpaired) electrons. The summed E-state index contributed by atoms with van der Waals surface area (Å²) in [5.74, 6) is 0.651. The Labute approximate surface area is 90.1 Å². The minimum atomic E-state index is 0.160. The van der Waals surface area contributed by atoms with Crippen LogP contribution >= 0.6 is 0 Å². The van der Waals surface area contributed by atoms with Gasteiger partial charge in [0.15, 0.2) is 0 Å². The molecule has 0 saturated carbocycles. The Morgan fingerprint density at radius 2 is 2.33 bits per heavy atom. The molecule has 15 heavy (non-hydrogen) atoms. The highest BCUT2D eigenvalue weighted by Crippen LogP contribution is 2.11. The highest BCUT2D eigenvalue weighted by molar-refractivity contribution is 5.52. The van der Waals surface area contributed by atoms with Gasteiger partial charge in [-0.3, -0.25) is 0 Å². The first-order valence-corrected chi connectivity index (χ1v) is 5.00. The summed E-state index contributed by atoms with van der Waals surface area (Å²) in [4.78, 5) is 4.27. The Balaban J connectivity index is 2.67. The summed E-state index contributed by atoms with van der Waals surface area (Å²) in [5, 5.41) is 12.0. The zero-order valence-electron chi connectivity index (χ0n) is 9.12. The van der Waals surface area contributed by atoms with Gasteiger partial charge >= 0.3 is 0 Å². The van der Waals surface area contributed by atoms with Gasteiger partial charge in [-0.05, 0) is 32.4 Å². The molecule has 4 nitrogen and oxygen atoms in total. The predicted molar refractivity (Wildman–Crippen MR) is 60.4 cm³/mol. The number of aryl methyl sites for hydroxylation is 1. The number of hydrogen-bond donors (Lipinski definition) is 2. The van der Waals surface area contributed by atoms with Gasteiger partial charge in [0, 0.05) is 18.3 Å². The first-order chi connectivity index (χ1) is 7.13. The van der Waals surface area contributed by atoms with Crippen LogP contribution in [0.15, 0.2) is 12.1 Å². The summed E-state index contributed by atoms with van der Waals surface area (Å²) in [7, 11) is 0. The number of hydrogen-bond acceptors (Lipinski definition) is 4. The van der Waals surface area contributed by atoms with Gasteiger partial charge in [-0.2, -0.15) is 5.26 Å². The van der Waals surface area contributed by atoms with Crippen molar-refractivity contribution in [3.05, 3.63) is 23.4 Å². The standard InChI is InChI=1S/C11H16N4/c1-8(13)5-6-14-11-10(7-12)4-3-9(2)15-11/h3-4,8H,5-6,13H2,1-2H3,(H,14,15). The van der Waals surface area contributed by atoms with E-state index in [2.05, 4.69) is 16.4 Å². The van der Waals surface area contributed by atoms with Gasteiger partial charge in [0.1, 0.15) is 11.9 Å². The van der Waals surface area contributed by atoms with Gasteiger partial charge in [-0.1, -0.05) is 0 Å². The van der Waals surface area contributed by atoms with Crippen molar-refractivity contribution in [3.8, 4) is 6.07 Å². The van der Waals surface area contributed by atoms with Crippen LogP contribution in [0.1, 0.15) is 24.6 Å². The van der Waals surface area contributed by atoms with Gasteiger partial charge in [0.25, 0.3) is 0 Å². The second kappa shape index (κ2) is 5.32. The van der Waals surface area contributed by atoms with Crippen LogP contribution in [0, 0.1) is 18.3 Å². The van der Waals surface area contributed by atoms with Crippen LogP contribution in [0.25, 0.3) is 0 Å². The van der Waals surface area contributed by atoms with E-state index in [-0.39, 0.29) is 6.04 Å². The fourth-order valence-corrected chi connectivity index (χ4v) is 1.20. The Bertz CT molecular complexity index is 365. The smallest absolute Gasteiger partial charge is 0.144 e. The largest absolute Gasteiger partial charge is 0.369 e. The van der Waals surface area contributed by atoms with Gasteiger partial charge in [-0.15, -0.1) is 0 Å². The fourth-order valence-electron chi connectivity index (χ4n) is 1.20. The lowest BCUT2D eigenvalue weighted by atomic mass is 10.2. The van der Waals surface area contributed by atoms with Crippen molar-refractivity contribution in [3.63, 3.8) is 0 Å². The minimum absolute atomic E-state index is 0.160. The number of nitriles is 1. The molecule has 80 valence electrons. The maximum atomic E-state index is 8.86. The van der Waals surface area contributed by atoms with Crippen LogP contribution in [0.4, 0.5) is 5.82 Å². The molecular weight excluding hydrogens is 188 g/mol. The van der Waals surface area contributed by atoms with Crippen molar-refractivity contribution in [1.82, 2.24) is 4.98 Å². The molecule has 0 spiro atoms. The van der Waals surface area contributed by atoms with E-state index in [1.54, 1.807) is 6.07 Å². The van der Waals surface area contributed by atoms with Crippen molar-refractivity contribution in [2.24, 2.45) is 5.73 Å². The third-order valence-corrected chi connectivity index (χ3v) is 2.05. The molecule has 0 fully saturated rings. The fraction of sp³-hybridized carbons (Fsp3) is 0.455. The van der Waals surface area contributed by atoms with Crippen LogP contribution in [0.5, 0.6) is 0 Å². The molecule has 1 atom stereocenters. The highest BCUT2D eigenvalue weighted by atomic mass is 15.0. The Hall–Kier alpha value is -1.60. The van der Waals surface area contributed by atoms with Crippen LogP contribution < -0.4 is 11.1 Å². The monoisotopic (exact) mass is 204 g/mol. The molecule has 0 aliphatic carbocycles. The van der Waals surface area contributed by atoms with E-state index in [1.807, 2.05) is 19.9 Å². The molecule has 0 aromatic carbocycles. The number of aromatic nitrogens is 1. The van der Waals surface area contributed by atoms with Gasteiger partial charge < -0.3 is 11.1 Å². The van der Waals surface area contributed by atoms with E-state index in [9.17, 15) is 0 Å². The predicted octanol–water partition coefficient (Wildman–Crippen LogP) is 1.41. The summed E-state index contributed by atoms with van der Waals surface area (Å²) in [5.41, 5.74) is 7.11. The molecule has 0 aliphatic heterocycles. The highest BCUT2D eigenvalue weighted by Gasteiger charge is 2.03. The zero-order valence-corrected chi connectivity index (χ0v) is 9.12. The summed E-state index contributed by atoms with van der Waals surface area (Å²) in [6, 6.07) is 5.87. The van der Waals surface area contributed by atoms with E-state index in [0.717, 1.165) is 18.7 Å². The lowest BCUT2D eigenvalue weighted by Gasteiger charge is -2.09. The number of pyridine rings is 1. The van der Waals surface area contributed by atoms with E-state index >= 15 is 0 Å². The third kappa shape index (κ3) is 3.56. The number of nitrogens with two attached hydrogens (primary N) is 1. The molecule has 1 heterocycles. The maximum absolute atomic E-state index is 8.86. The lowest BCUT2D eigenvalue weighted by Crippen LogP contribution is -2.19. The average molecular weight is 204 g/mol. The van der Waals surface area contributed by atoms with E-state index in [4.69, 9.17) is 11.0 Å². The number of anilines is 1. The van der Waals surface area contributed by atoms with Gasteiger partial charge in [0.2, 0.25) is 0 Å². The van der Waals surface area contributed by atoms with E-state index < -0.39 is 0 Å². The molecule has 0 bridgehead atoms. The molecule has 0 aliphatic rings. The van der Waals surface area contributed by atoms with Gasteiger partial charge in [0.05, 0.1) is 5.56 Å². The quantitative estimate of drug-likeness (QED) is 0.777. The molecule has 1 rings (SSSR count). The molecule has 3 N–H and O–H groups in total. The Morgan fingerprint density at radius 1 is 1.60 bits per heavy atom. The van der Waals surface area contributed by atoms with Crippen molar-refractivity contribution in [2.75, 3.05) is 11.9 Å². The average Bonchev–Trinajstić information content (AvgIpc) is 2.17. The van der Waals surface area contributed by atoms with Crippen molar-refractivity contribution in [1.29, 1.82) is 5.26 Å². The molecule has 1 unspecified atom stereocenters. The molecule has 0 saturated heterocycles. The number of nitrogens with zero attached hydrogens (tertiary/aromatic N) is 2. The van der Waals surface area contributed by atoms with E-state index in [1.165, 1.54) is 0 Å². The summed E-state index contributed by atoms with van der Waals surface area (Å²) in [6.07, 6.45) is 0.862. The first kappa shape index (κ1) is 11.5. The Morgan fingerprint density at radius 3 is 2.93 bits per heavy atom. The molecule has 1 aromatic rings. The van der Waals surface area contributed by atoms with Crippen LogP contribution in [0.3, 0.4) is 0 Å². The lowest BCUT2D eigenvalue weighted by molar-refractivity contribution is 0.689. The molecule has 0 amide bonds. The number of rotatable bonds is 4. The zero-order chi connectivity index (χ0) is 11.3. The molecule has 4 heteroatoms. The summed E-state index contributed by atoms with van der Waals surface area (Å²) >= 11 is 0. The van der Waals surface area contributed by atoms with Crippen molar-refractivity contribution >= 4 is 5.82 Å². The molecule has 1 aromatic heterocycles. The van der Waals surface area contributed by atoms with Crippen LogP contribution in [-0.2, 0) is 0 Å².